The van der Waals surface area contributed by atoms with Gasteiger partial charge in [0.05, 0.1) is 11.6 Å². The molecular formula is C18H25ClIN5S. The molecule has 1 fully saturated rings. The molecule has 1 unspecified atom stereocenters. The van der Waals surface area contributed by atoms with Crippen LogP contribution in [0.5, 0.6) is 0 Å². The first-order valence-electron chi connectivity index (χ1n) is 8.61. The van der Waals surface area contributed by atoms with Gasteiger partial charge in [0.25, 0.3) is 0 Å². The number of hydrogen-bond donors (Lipinski definition) is 2. The predicted molar refractivity (Wildman–Crippen MR) is 122 cm³/mol. The van der Waals surface area contributed by atoms with E-state index in [-0.39, 0.29) is 24.0 Å². The van der Waals surface area contributed by atoms with Crippen molar-refractivity contribution in [2.45, 2.75) is 32.9 Å². The molecule has 1 atom stereocenters. The first-order chi connectivity index (χ1) is 12.2. The van der Waals surface area contributed by atoms with Gasteiger partial charge in [-0.2, -0.15) is 0 Å². The van der Waals surface area contributed by atoms with Crippen LogP contribution in [0.4, 0.5) is 5.82 Å². The molecule has 0 spiro atoms. The van der Waals surface area contributed by atoms with E-state index in [1.807, 2.05) is 12.1 Å². The first kappa shape index (κ1) is 21.2. The Labute approximate surface area is 181 Å². The second-order valence-corrected chi connectivity index (χ2v) is 7.87. The number of anilines is 1. The van der Waals surface area contributed by atoms with Crippen molar-refractivity contribution in [1.82, 2.24) is 15.6 Å². The smallest absolute Gasteiger partial charge is 0.191 e. The molecule has 0 amide bonds. The largest absolute Gasteiger partial charge is 0.357 e. The van der Waals surface area contributed by atoms with E-state index in [1.54, 1.807) is 17.5 Å². The molecule has 142 valence electrons. The summed E-state index contributed by atoms with van der Waals surface area (Å²) >= 11 is 8.06. The first-order valence-corrected chi connectivity index (χ1v) is 9.80. The highest BCUT2D eigenvalue weighted by atomic mass is 127. The van der Waals surface area contributed by atoms with Crippen LogP contribution in [0.1, 0.15) is 23.1 Å². The van der Waals surface area contributed by atoms with Gasteiger partial charge in [-0.1, -0.05) is 11.6 Å². The van der Waals surface area contributed by atoms with Gasteiger partial charge >= 0.3 is 0 Å². The number of rotatable bonds is 5. The Morgan fingerprint density at radius 2 is 2.27 bits per heavy atom. The highest BCUT2D eigenvalue weighted by Gasteiger charge is 2.25. The molecule has 3 heterocycles. The summed E-state index contributed by atoms with van der Waals surface area (Å²) < 4.78 is 0. The Hall–Kier alpha value is -1.06. The summed E-state index contributed by atoms with van der Waals surface area (Å²) in [6, 6.07) is 8.37. The Morgan fingerprint density at radius 1 is 1.42 bits per heavy atom. The summed E-state index contributed by atoms with van der Waals surface area (Å²) in [7, 11) is 0. The van der Waals surface area contributed by atoms with Crippen LogP contribution in [0.15, 0.2) is 35.5 Å². The van der Waals surface area contributed by atoms with Crippen molar-refractivity contribution in [3.63, 3.8) is 0 Å². The van der Waals surface area contributed by atoms with Crippen LogP contribution in [0, 0.1) is 6.92 Å². The minimum Gasteiger partial charge on any atom is -0.357 e. The predicted octanol–water partition coefficient (Wildman–Crippen LogP) is 4.06. The number of nitrogens with zero attached hydrogens (tertiary/aromatic N) is 3. The van der Waals surface area contributed by atoms with Crippen LogP contribution < -0.4 is 15.5 Å². The summed E-state index contributed by atoms with van der Waals surface area (Å²) in [4.78, 5) is 14.0. The number of nitrogens with one attached hydrogen (secondary N) is 2. The average molecular weight is 506 g/mol. The molecule has 5 nitrogen and oxygen atoms in total. The summed E-state index contributed by atoms with van der Waals surface area (Å²) in [5.74, 6) is 1.73. The quantitative estimate of drug-likeness (QED) is 0.366. The number of aliphatic imine (C=N–C) groups is 1. The van der Waals surface area contributed by atoms with Gasteiger partial charge in [0.2, 0.25) is 0 Å². The van der Waals surface area contributed by atoms with Crippen molar-refractivity contribution in [2.75, 3.05) is 24.5 Å². The van der Waals surface area contributed by atoms with Gasteiger partial charge in [-0.25, -0.2) is 9.98 Å². The molecule has 1 saturated heterocycles. The summed E-state index contributed by atoms with van der Waals surface area (Å²) in [6.07, 6.45) is 2.83. The number of aryl methyl sites for hydroxylation is 1. The van der Waals surface area contributed by atoms with E-state index in [0.717, 1.165) is 37.8 Å². The number of pyridine rings is 1. The molecule has 0 radical (unpaired) electrons. The lowest BCUT2D eigenvalue weighted by molar-refractivity contribution is 0.649. The van der Waals surface area contributed by atoms with E-state index in [2.05, 4.69) is 46.5 Å². The molecule has 1 aliphatic heterocycles. The molecule has 0 aliphatic carbocycles. The zero-order chi connectivity index (χ0) is 17.6. The van der Waals surface area contributed by atoms with Crippen LogP contribution in [0.25, 0.3) is 0 Å². The lowest BCUT2D eigenvalue weighted by atomic mass is 10.3. The third kappa shape index (κ3) is 5.72. The monoisotopic (exact) mass is 505 g/mol. The Kier molecular flexibility index (Phi) is 8.43. The lowest BCUT2D eigenvalue weighted by Crippen LogP contribution is -2.44. The number of hydrogen-bond acceptors (Lipinski definition) is 4. The van der Waals surface area contributed by atoms with Crippen molar-refractivity contribution in [3.05, 3.63) is 45.2 Å². The third-order valence-electron chi connectivity index (χ3n) is 4.10. The molecule has 2 aromatic heterocycles. The van der Waals surface area contributed by atoms with E-state index in [4.69, 9.17) is 16.6 Å². The molecule has 8 heteroatoms. The molecule has 2 aromatic rings. The van der Waals surface area contributed by atoms with Gasteiger partial charge in [-0.15, -0.1) is 35.3 Å². The average Bonchev–Trinajstić information content (AvgIpc) is 3.22. The van der Waals surface area contributed by atoms with Crippen molar-refractivity contribution in [3.8, 4) is 0 Å². The molecule has 0 saturated carbocycles. The molecular weight excluding hydrogens is 481 g/mol. The van der Waals surface area contributed by atoms with Gasteiger partial charge in [-0.3, -0.25) is 0 Å². The van der Waals surface area contributed by atoms with Crippen LogP contribution in [0.2, 0.25) is 5.02 Å². The second kappa shape index (κ2) is 10.3. The minimum atomic E-state index is 0. The normalized spacial score (nSPS) is 17.1. The van der Waals surface area contributed by atoms with Gasteiger partial charge in [0.1, 0.15) is 5.82 Å². The third-order valence-corrected chi connectivity index (χ3v) is 5.38. The van der Waals surface area contributed by atoms with E-state index in [0.29, 0.717) is 17.6 Å². The summed E-state index contributed by atoms with van der Waals surface area (Å²) in [6.45, 7) is 7.57. The zero-order valence-electron chi connectivity index (χ0n) is 15.0. The van der Waals surface area contributed by atoms with Crippen LogP contribution in [0.3, 0.4) is 0 Å². The summed E-state index contributed by atoms with van der Waals surface area (Å²) in [5, 5.41) is 7.59. The second-order valence-electron chi connectivity index (χ2n) is 6.09. The number of halogens is 2. The van der Waals surface area contributed by atoms with Gasteiger partial charge in [0, 0.05) is 41.6 Å². The molecule has 2 N–H and O–H groups in total. The maximum Gasteiger partial charge on any atom is 0.191 e. The van der Waals surface area contributed by atoms with Gasteiger partial charge in [-0.05, 0) is 44.5 Å². The molecule has 1 aliphatic rings. The van der Waals surface area contributed by atoms with Crippen molar-refractivity contribution in [1.29, 1.82) is 0 Å². The van der Waals surface area contributed by atoms with Crippen molar-refractivity contribution < 1.29 is 0 Å². The molecule has 0 aromatic carbocycles. The van der Waals surface area contributed by atoms with Crippen molar-refractivity contribution >= 4 is 58.7 Å². The Morgan fingerprint density at radius 3 is 2.96 bits per heavy atom. The standard InChI is InChI=1S/C18H24ClN5S.HI/c1-3-20-18(22-11-15-7-6-13(2)25-15)23-14-8-10-24(12-14)17-16(19)5-4-9-21-17;/h4-7,9,14H,3,8,10-12H2,1-2H3,(H2,20,22,23);1H. The lowest BCUT2D eigenvalue weighted by Gasteiger charge is -2.20. The maximum absolute atomic E-state index is 6.27. The Balaban J connectivity index is 0.00000243. The summed E-state index contributed by atoms with van der Waals surface area (Å²) in [5.41, 5.74) is 0. The number of aromatic nitrogens is 1. The van der Waals surface area contributed by atoms with E-state index >= 15 is 0 Å². The highest BCUT2D eigenvalue weighted by Crippen LogP contribution is 2.25. The molecule has 3 rings (SSSR count). The van der Waals surface area contributed by atoms with E-state index < -0.39 is 0 Å². The Bertz CT molecular complexity index is 736. The van der Waals surface area contributed by atoms with Crippen molar-refractivity contribution in [2.24, 2.45) is 4.99 Å². The fourth-order valence-electron chi connectivity index (χ4n) is 2.92. The number of thiophene rings is 1. The zero-order valence-corrected chi connectivity index (χ0v) is 18.9. The van der Waals surface area contributed by atoms with Crippen LogP contribution in [-0.4, -0.2) is 36.6 Å². The van der Waals surface area contributed by atoms with Crippen LogP contribution >= 0.6 is 46.9 Å². The van der Waals surface area contributed by atoms with Gasteiger partial charge < -0.3 is 15.5 Å². The van der Waals surface area contributed by atoms with Crippen LogP contribution in [-0.2, 0) is 6.54 Å². The topological polar surface area (TPSA) is 52.6 Å². The molecule has 0 bridgehead atoms. The molecule has 26 heavy (non-hydrogen) atoms. The maximum atomic E-state index is 6.27. The minimum absolute atomic E-state index is 0. The fourth-order valence-corrected chi connectivity index (χ4v) is 3.98. The fraction of sp³-hybridized carbons (Fsp3) is 0.444. The number of guanidine groups is 1. The SMILES string of the molecule is CCNC(=NCc1ccc(C)s1)NC1CCN(c2ncccc2Cl)C1.I. The highest BCUT2D eigenvalue weighted by molar-refractivity contribution is 14.0. The van der Waals surface area contributed by atoms with Gasteiger partial charge in [0.15, 0.2) is 5.96 Å². The van der Waals surface area contributed by atoms with E-state index in [1.165, 1.54) is 9.75 Å². The van der Waals surface area contributed by atoms with E-state index in [9.17, 15) is 0 Å².